The molecule has 2 aromatic rings. The van der Waals surface area contributed by atoms with Crippen molar-refractivity contribution >= 4 is 17.2 Å². The minimum atomic E-state index is -0.624. The van der Waals surface area contributed by atoms with Crippen molar-refractivity contribution in [3.8, 4) is 0 Å². The summed E-state index contributed by atoms with van der Waals surface area (Å²) >= 11 is 1.55. The molecule has 0 aliphatic carbocycles. The Morgan fingerprint density at radius 2 is 2.32 bits per heavy atom. The quantitative estimate of drug-likeness (QED) is 0.936. The molecule has 2 rings (SSSR count). The van der Waals surface area contributed by atoms with Crippen LogP contribution in [0.5, 0.6) is 0 Å². The van der Waals surface area contributed by atoms with E-state index in [-0.39, 0.29) is 11.6 Å². The van der Waals surface area contributed by atoms with Crippen LogP contribution in [0.15, 0.2) is 24.7 Å². The molecular formula is C13H14FN3OS. The summed E-state index contributed by atoms with van der Waals surface area (Å²) in [6.45, 7) is 3.88. The highest BCUT2D eigenvalue weighted by molar-refractivity contribution is 7.11. The Hall–Kier alpha value is -1.82. The lowest BCUT2D eigenvalue weighted by atomic mass is 10.2. The van der Waals surface area contributed by atoms with Crippen LogP contribution in [0, 0.1) is 5.82 Å². The number of carbonyl (C=O) groups is 1. The van der Waals surface area contributed by atoms with Crippen LogP contribution in [-0.2, 0) is 6.42 Å². The number of aryl methyl sites for hydroxylation is 1. The fraction of sp³-hybridized carbons (Fsp3) is 0.308. The molecule has 0 aliphatic heterocycles. The van der Waals surface area contributed by atoms with Crippen LogP contribution in [0.4, 0.5) is 4.39 Å². The molecule has 1 unspecified atom stereocenters. The monoisotopic (exact) mass is 279 g/mol. The van der Waals surface area contributed by atoms with Gasteiger partial charge in [0.2, 0.25) is 0 Å². The zero-order valence-electron chi connectivity index (χ0n) is 10.7. The van der Waals surface area contributed by atoms with E-state index in [0.717, 1.165) is 22.5 Å². The van der Waals surface area contributed by atoms with Gasteiger partial charge in [0, 0.05) is 17.3 Å². The molecule has 0 spiro atoms. The minimum absolute atomic E-state index is 0.00544. The number of nitrogens with zero attached hydrogens (tertiary/aromatic N) is 2. The summed E-state index contributed by atoms with van der Waals surface area (Å²) in [6.07, 6.45) is 5.13. The summed E-state index contributed by atoms with van der Waals surface area (Å²) in [4.78, 5) is 20.9. The van der Waals surface area contributed by atoms with Gasteiger partial charge in [0.1, 0.15) is 5.01 Å². The number of aromatic nitrogens is 2. The Morgan fingerprint density at radius 1 is 1.53 bits per heavy atom. The summed E-state index contributed by atoms with van der Waals surface area (Å²) < 4.78 is 13.4. The number of amides is 1. The Labute approximate surface area is 114 Å². The van der Waals surface area contributed by atoms with Gasteiger partial charge in [0.05, 0.1) is 17.8 Å². The lowest BCUT2D eigenvalue weighted by Gasteiger charge is -2.11. The first-order valence-electron chi connectivity index (χ1n) is 5.96. The van der Waals surface area contributed by atoms with Crippen molar-refractivity contribution in [1.29, 1.82) is 0 Å². The number of hydrogen-bond acceptors (Lipinski definition) is 4. The van der Waals surface area contributed by atoms with Crippen molar-refractivity contribution in [2.45, 2.75) is 26.3 Å². The molecule has 0 radical (unpaired) electrons. The lowest BCUT2D eigenvalue weighted by molar-refractivity contribution is 0.0935. The standard InChI is InChI=1S/C13H14FN3OS/c1-3-9-6-16-13(19-9)8(2)17-12(18)10-4-5-15-7-11(10)14/h4-8H,3H2,1-2H3,(H,17,18). The first kappa shape index (κ1) is 13.6. The van der Waals surface area contributed by atoms with Gasteiger partial charge >= 0.3 is 0 Å². The van der Waals surface area contributed by atoms with E-state index < -0.39 is 11.7 Å². The van der Waals surface area contributed by atoms with Gasteiger partial charge in [-0.1, -0.05) is 6.92 Å². The molecule has 1 atom stereocenters. The van der Waals surface area contributed by atoms with E-state index in [2.05, 4.69) is 15.3 Å². The predicted molar refractivity (Wildman–Crippen MR) is 71.6 cm³/mol. The number of nitrogens with one attached hydrogen (secondary N) is 1. The Kier molecular flexibility index (Phi) is 4.21. The van der Waals surface area contributed by atoms with E-state index in [0.29, 0.717) is 0 Å². The summed E-state index contributed by atoms with van der Waals surface area (Å²) in [5, 5.41) is 3.55. The molecule has 4 nitrogen and oxygen atoms in total. The summed E-state index contributed by atoms with van der Waals surface area (Å²) in [7, 11) is 0. The predicted octanol–water partition coefficient (Wildman–Crippen LogP) is 2.73. The highest BCUT2D eigenvalue weighted by Gasteiger charge is 2.16. The molecule has 0 aliphatic rings. The van der Waals surface area contributed by atoms with Crippen LogP contribution >= 0.6 is 11.3 Å². The molecule has 0 saturated heterocycles. The van der Waals surface area contributed by atoms with E-state index in [1.54, 1.807) is 17.5 Å². The molecule has 1 N–H and O–H groups in total. The SMILES string of the molecule is CCc1cnc(C(C)NC(=O)c2ccncc2F)s1. The van der Waals surface area contributed by atoms with Crippen molar-refractivity contribution in [3.05, 3.63) is 45.9 Å². The second kappa shape index (κ2) is 5.88. The summed E-state index contributed by atoms with van der Waals surface area (Å²) in [5.74, 6) is -1.08. The van der Waals surface area contributed by atoms with Crippen molar-refractivity contribution in [1.82, 2.24) is 15.3 Å². The van der Waals surface area contributed by atoms with Crippen molar-refractivity contribution in [2.75, 3.05) is 0 Å². The molecule has 1 amide bonds. The largest absolute Gasteiger partial charge is 0.343 e. The zero-order valence-corrected chi connectivity index (χ0v) is 11.5. The molecular weight excluding hydrogens is 265 g/mol. The molecule has 2 heterocycles. The third-order valence-electron chi connectivity index (χ3n) is 2.66. The van der Waals surface area contributed by atoms with Gasteiger partial charge in [-0.25, -0.2) is 9.37 Å². The van der Waals surface area contributed by atoms with Gasteiger partial charge in [0.15, 0.2) is 5.82 Å². The maximum absolute atomic E-state index is 13.4. The van der Waals surface area contributed by atoms with Crippen molar-refractivity contribution in [3.63, 3.8) is 0 Å². The normalized spacial score (nSPS) is 12.2. The van der Waals surface area contributed by atoms with Crippen LogP contribution in [-0.4, -0.2) is 15.9 Å². The number of hydrogen-bond donors (Lipinski definition) is 1. The average molecular weight is 279 g/mol. The van der Waals surface area contributed by atoms with Crippen LogP contribution < -0.4 is 5.32 Å². The second-order valence-electron chi connectivity index (χ2n) is 4.07. The number of halogens is 1. The van der Waals surface area contributed by atoms with Gasteiger partial charge in [-0.2, -0.15) is 0 Å². The smallest absolute Gasteiger partial charge is 0.254 e. The Balaban J connectivity index is 2.08. The molecule has 6 heteroatoms. The van der Waals surface area contributed by atoms with Gasteiger partial charge < -0.3 is 5.32 Å². The van der Waals surface area contributed by atoms with E-state index in [1.165, 1.54) is 12.3 Å². The number of thiazole rings is 1. The van der Waals surface area contributed by atoms with Crippen LogP contribution in [0.2, 0.25) is 0 Å². The Bertz CT molecular complexity index is 585. The third-order valence-corrected chi connectivity index (χ3v) is 3.98. The van der Waals surface area contributed by atoms with Gasteiger partial charge in [-0.05, 0) is 19.4 Å². The molecule has 0 bridgehead atoms. The van der Waals surface area contributed by atoms with Crippen LogP contribution in [0.1, 0.15) is 40.1 Å². The molecule has 2 aromatic heterocycles. The molecule has 0 saturated carbocycles. The molecule has 0 aromatic carbocycles. The fourth-order valence-electron chi connectivity index (χ4n) is 1.58. The van der Waals surface area contributed by atoms with Crippen LogP contribution in [0.3, 0.4) is 0 Å². The Morgan fingerprint density at radius 3 is 2.95 bits per heavy atom. The van der Waals surface area contributed by atoms with Gasteiger partial charge in [-0.3, -0.25) is 9.78 Å². The topological polar surface area (TPSA) is 54.9 Å². The maximum atomic E-state index is 13.4. The summed E-state index contributed by atoms with van der Waals surface area (Å²) in [5.41, 5.74) is -0.00544. The maximum Gasteiger partial charge on any atom is 0.254 e. The van der Waals surface area contributed by atoms with E-state index in [1.807, 2.05) is 13.8 Å². The number of carbonyl (C=O) groups excluding carboxylic acids is 1. The number of rotatable bonds is 4. The van der Waals surface area contributed by atoms with Crippen LogP contribution in [0.25, 0.3) is 0 Å². The third kappa shape index (κ3) is 3.14. The lowest BCUT2D eigenvalue weighted by Crippen LogP contribution is -2.27. The molecule has 100 valence electrons. The fourth-order valence-corrected chi connectivity index (χ4v) is 2.44. The average Bonchev–Trinajstić information content (AvgIpc) is 2.88. The number of pyridine rings is 1. The van der Waals surface area contributed by atoms with Crippen molar-refractivity contribution in [2.24, 2.45) is 0 Å². The highest BCUT2D eigenvalue weighted by atomic mass is 32.1. The van der Waals surface area contributed by atoms with Crippen molar-refractivity contribution < 1.29 is 9.18 Å². The second-order valence-corrected chi connectivity index (χ2v) is 5.22. The van der Waals surface area contributed by atoms with Gasteiger partial charge in [-0.15, -0.1) is 11.3 Å². The van der Waals surface area contributed by atoms with E-state index in [4.69, 9.17) is 0 Å². The molecule has 19 heavy (non-hydrogen) atoms. The zero-order chi connectivity index (χ0) is 13.8. The molecule has 0 fully saturated rings. The highest BCUT2D eigenvalue weighted by Crippen LogP contribution is 2.20. The van der Waals surface area contributed by atoms with E-state index in [9.17, 15) is 9.18 Å². The minimum Gasteiger partial charge on any atom is -0.343 e. The first-order valence-corrected chi connectivity index (χ1v) is 6.78. The van der Waals surface area contributed by atoms with Gasteiger partial charge in [0.25, 0.3) is 5.91 Å². The first-order chi connectivity index (χ1) is 9.11. The van der Waals surface area contributed by atoms with E-state index >= 15 is 0 Å². The summed E-state index contributed by atoms with van der Waals surface area (Å²) in [6, 6.07) is 1.11.